The molecule has 0 aromatic carbocycles. The van der Waals surface area contributed by atoms with Gasteiger partial charge in [0, 0.05) is 16.0 Å². The molecular formula is C22H25N3O3S2. The Labute approximate surface area is 183 Å². The minimum Gasteiger partial charge on any atom is -0.462 e. The maximum Gasteiger partial charge on any atom is 0.340 e. The number of thiophene rings is 1. The maximum atomic E-state index is 12.9. The van der Waals surface area contributed by atoms with Gasteiger partial charge >= 0.3 is 5.97 Å². The van der Waals surface area contributed by atoms with Crippen LogP contribution in [-0.2, 0) is 17.6 Å². The molecule has 30 heavy (non-hydrogen) atoms. The number of aryl methyl sites for hydroxylation is 2. The Morgan fingerprint density at radius 3 is 2.90 bits per heavy atom. The highest BCUT2D eigenvalue weighted by molar-refractivity contribution is 8.00. The van der Waals surface area contributed by atoms with E-state index in [0.717, 1.165) is 28.1 Å². The minimum absolute atomic E-state index is 0.0550. The number of nitrogens with one attached hydrogen (secondary N) is 1. The number of hydrogen-bond donors (Lipinski definition) is 1. The molecule has 1 N–H and O–H groups in total. The molecule has 1 aliphatic carbocycles. The van der Waals surface area contributed by atoms with E-state index in [2.05, 4.69) is 21.9 Å². The van der Waals surface area contributed by atoms with Crippen LogP contribution in [0.2, 0.25) is 0 Å². The number of aromatic nitrogens is 3. The average molecular weight is 444 g/mol. The fourth-order valence-electron chi connectivity index (χ4n) is 4.10. The third-order valence-corrected chi connectivity index (χ3v) is 7.74. The number of aromatic amines is 1. The fourth-order valence-corrected chi connectivity index (χ4v) is 6.41. The molecule has 0 unspecified atom stereocenters. The van der Waals surface area contributed by atoms with Crippen LogP contribution in [0.5, 0.6) is 0 Å². The van der Waals surface area contributed by atoms with Crippen molar-refractivity contribution >= 4 is 45.1 Å². The third kappa shape index (κ3) is 3.78. The van der Waals surface area contributed by atoms with Gasteiger partial charge in [0.1, 0.15) is 16.2 Å². The lowest BCUT2D eigenvalue weighted by atomic mass is 9.89. The van der Waals surface area contributed by atoms with Gasteiger partial charge in [0.05, 0.1) is 23.6 Å². The Morgan fingerprint density at radius 2 is 2.13 bits per heavy atom. The Bertz CT molecular complexity index is 1130. The Hall–Kier alpha value is -2.19. The summed E-state index contributed by atoms with van der Waals surface area (Å²) in [6.07, 6.45) is 4.90. The predicted molar refractivity (Wildman–Crippen MR) is 120 cm³/mol. The van der Waals surface area contributed by atoms with E-state index in [4.69, 9.17) is 4.74 Å². The van der Waals surface area contributed by atoms with E-state index in [1.54, 1.807) is 38.4 Å². The summed E-state index contributed by atoms with van der Waals surface area (Å²) in [6.45, 7) is 7.93. The van der Waals surface area contributed by atoms with Crippen LogP contribution in [0.1, 0.15) is 62.8 Å². The Balaban J connectivity index is 1.57. The molecule has 0 saturated heterocycles. The number of hydrogen-bond acceptors (Lipinski definition) is 7. The largest absolute Gasteiger partial charge is 0.462 e. The molecule has 158 valence electrons. The number of carbonyl (C=O) groups is 2. The molecule has 0 saturated carbocycles. The third-order valence-electron chi connectivity index (χ3n) is 5.59. The Kier molecular flexibility index (Phi) is 5.97. The standard InChI is InChI=1S/C22H25N3O3S2/c1-5-28-22(27)17-12(3)19(25-13(17)4)15(26)9-29-20-18-14-7-6-11(2)8-16(14)30-21(18)24-10-23-20/h10-11,25H,5-9H2,1-4H3/t11-/m1/s1. The topological polar surface area (TPSA) is 84.9 Å². The lowest BCUT2D eigenvalue weighted by Crippen LogP contribution is -2.09. The number of ether oxygens (including phenoxy) is 1. The van der Waals surface area contributed by atoms with Crippen LogP contribution in [0, 0.1) is 19.8 Å². The zero-order valence-electron chi connectivity index (χ0n) is 17.6. The molecule has 0 radical (unpaired) electrons. The SMILES string of the molecule is CCOC(=O)c1c(C)[nH]c(C(=O)CSc2ncnc3sc4c(c23)CC[C@@H](C)C4)c1C. The van der Waals surface area contributed by atoms with Gasteiger partial charge < -0.3 is 9.72 Å². The van der Waals surface area contributed by atoms with E-state index < -0.39 is 5.97 Å². The summed E-state index contributed by atoms with van der Waals surface area (Å²) in [5.74, 6) is 0.493. The number of carbonyl (C=O) groups excluding carboxylic acids is 2. The number of ketones is 1. The molecule has 1 aliphatic rings. The van der Waals surface area contributed by atoms with Crippen molar-refractivity contribution in [2.24, 2.45) is 5.92 Å². The van der Waals surface area contributed by atoms with Crippen LogP contribution >= 0.6 is 23.1 Å². The van der Waals surface area contributed by atoms with Crippen molar-refractivity contribution in [1.29, 1.82) is 0 Å². The van der Waals surface area contributed by atoms with Gasteiger partial charge in [-0.3, -0.25) is 4.79 Å². The molecule has 0 spiro atoms. The van der Waals surface area contributed by atoms with Gasteiger partial charge in [0.25, 0.3) is 0 Å². The van der Waals surface area contributed by atoms with Crippen LogP contribution in [0.3, 0.4) is 0 Å². The van der Waals surface area contributed by atoms with Crippen molar-refractivity contribution in [3.63, 3.8) is 0 Å². The summed E-state index contributed by atoms with van der Waals surface area (Å²) in [6, 6.07) is 0. The highest BCUT2D eigenvalue weighted by atomic mass is 32.2. The highest BCUT2D eigenvalue weighted by Crippen LogP contribution is 2.40. The van der Waals surface area contributed by atoms with Crippen LogP contribution in [0.15, 0.2) is 11.4 Å². The summed E-state index contributed by atoms with van der Waals surface area (Å²) >= 11 is 3.20. The summed E-state index contributed by atoms with van der Waals surface area (Å²) in [4.78, 5) is 39.6. The fraction of sp³-hybridized carbons (Fsp3) is 0.455. The number of thioether (sulfide) groups is 1. The van der Waals surface area contributed by atoms with E-state index in [1.165, 1.54) is 28.6 Å². The highest BCUT2D eigenvalue weighted by Gasteiger charge is 2.25. The molecular weight excluding hydrogens is 418 g/mol. The predicted octanol–water partition coefficient (Wildman–Crippen LogP) is 4.91. The zero-order valence-corrected chi connectivity index (χ0v) is 19.3. The quantitative estimate of drug-likeness (QED) is 0.252. The molecule has 0 bridgehead atoms. The second-order valence-corrected chi connectivity index (χ2v) is 9.82. The molecule has 1 atom stereocenters. The van der Waals surface area contributed by atoms with Crippen LogP contribution < -0.4 is 0 Å². The van der Waals surface area contributed by atoms with Gasteiger partial charge in [-0.2, -0.15) is 0 Å². The van der Waals surface area contributed by atoms with Gasteiger partial charge in [-0.25, -0.2) is 14.8 Å². The second kappa shape index (κ2) is 8.51. The molecule has 0 aliphatic heterocycles. The first-order valence-corrected chi connectivity index (χ1v) is 12.0. The van der Waals surface area contributed by atoms with Crippen molar-refractivity contribution in [2.45, 2.75) is 52.0 Å². The lowest BCUT2D eigenvalue weighted by Gasteiger charge is -2.18. The molecule has 0 fully saturated rings. The summed E-state index contributed by atoms with van der Waals surface area (Å²) < 4.78 is 5.12. The van der Waals surface area contributed by atoms with Gasteiger partial charge in [0.15, 0.2) is 5.78 Å². The van der Waals surface area contributed by atoms with Gasteiger partial charge in [-0.05, 0) is 57.1 Å². The second-order valence-electron chi connectivity index (χ2n) is 7.77. The smallest absolute Gasteiger partial charge is 0.340 e. The number of fused-ring (bicyclic) bond motifs is 3. The monoisotopic (exact) mass is 443 g/mol. The van der Waals surface area contributed by atoms with E-state index in [-0.39, 0.29) is 11.5 Å². The zero-order chi connectivity index (χ0) is 21.4. The first-order valence-electron chi connectivity index (χ1n) is 10.2. The van der Waals surface area contributed by atoms with E-state index >= 15 is 0 Å². The van der Waals surface area contributed by atoms with Crippen LogP contribution in [0.25, 0.3) is 10.2 Å². The van der Waals surface area contributed by atoms with E-state index in [1.807, 2.05) is 0 Å². The number of rotatable bonds is 6. The first-order chi connectivity index (χ1) is 14.4. The van der Waals surface area contributed by atoms with Gasteiger partial charge in [0.2, 0.25) is 0 Å². The van der Waals surface area contributed by atoms with E-state index in [9.17, 15) is 9.59 Å². The minimum atomic E-state index is -0.396. The van der Waals surface area contributed by atoms with Crippen LogP contribution in [-0.4, -0.2) is 39.1 Å². The summed E-state index contributed by atoms with van der Waals surface area (Å²) in [5, 5.41) is 1.99. The van der Waals surface area contributed by atoms with Gasteiger partial charge in [-0.15, -0.1) is 11.3 Å². The van der Waals surface area contributed by atoms with Gasteiger partial charge in [-0.1, -0.05) is 18.7 Å². The average Bonchev–Trinajstić information content (AvgIpc) is 3.22. The lowest BCUT2D eigenvalue weighted by molar-refractivity contribution is 0.0525. The van der Waals surface area contributed by atoms with E-state index in [0.29, 0.717) is 35.0 Å². The summed E-state index contributed by atoms with van der Waals surface area (Å²) in [5.41, 5.74) is 3.58. The molecule has 6 nitrogen and oxygen atoms in total. The number of nitrogens with zero attached hydrogens (tertiary/aromatic N) is 2. The van der Waals surface area contributed by atoms with Crippen molar-refractivity contribution in [2.75, 3.05) is 12.4 Å². The first kappa shape index (κ1) is 21.1. The molecule has 3 aromatic heterocycles. The molecule has 4 rings (SSSR count). The van der Waals surface area contributed by atoms with Crippen molar-refractivity contribution in [1.82, 2.24) is 15.0 Å². The molecule has 3 heterocycles. The molecule has 8 heteroatoms. The molecule has 0 amide bonds. The number of Topliss-reactive ketones (excluding diaryl/α,β-unsaturated/α-hetero) is 1. The van der Waals surface area contributed by atoms with Crippen LogP contribution in [0.4, 0.5) is 0 Å². The normalized spacial score (nSPS) is 15.9. The maximum absolute atomic E-state index is 12.9. The van der Waals surface area contributed by atoms with Crippen molar-refractivity contribution in [3.8, 4) is 0 Å². The van der Waals surface area contributed by atoms with Crippen molar-refractivity contribution < 1.29 is 14.3 Å². The number of H-pyrrole nitrogens is 1. The van der Waals surface area contributed by atoms with Crippen molar-refractivity contribution in [3.05, 3.63) is 39.3 Å². The Morgan fingerprint density at radius 1 is 1.33 bits per heavy atom. The molecule has 3 aromatic rings. The summed E-state index contributed by atoms with van der Waals surface area (Å²) in [7, 11) is 0. The number of esters is 1.